The maximum absolute atomic E-state index is 12.8. The van der Waals surface area contributed by atoms with Crippen molar-refractivity contribution in [2.24, 2.45) is 5.10 Å². The summed E-state index contributed by atoms with van der Waals surface area (Å²) in [6, 6.07) is 13.4. The molecule has 0 saturated carbocycles. The van der Waals surface area contributed by atoms with Crippen molar-refractivity contribution in [3.05, 3.63) is 69.3 Å². The van der Waals surface area contributed by atoms with Crippen LogP contribution in [0.3, 0.4) is 0 Å². The molecule has 8 heteroatoms. The first-order valence-electron chi connectivity index (χ1n) is 7.86. The minimum atomic E-state index is -0.549. The maximum atomic E-state index is 12.8. The molecule has 26 heavy (non-hydrogen) atoms. The van der Waals surface area contributed by atoms with E-state index in [1.54, 1.807) is 11.3 Å². The molecule has 0 radical (unpaired) electrons. The molecule has 4 rings (SSSR count). The third-order valence-electron chi connectivity index (χ3n) is 4.01. The van der Waals surface area contributed by atoms with E-state index in [2.05, 4.69) is 10.4 Å². The van der Waals surface area contributed by atoms with Gasteiger partial charge in [-0.3, -0.25) is 19.7 Å². The minimum Gasteiger partial charge on any atom is -0.282 e. The van der Waals surface area contributed by atoms with Crippen LogP contribution >= 0.6 is 23.1 Å². The van der Waals surface area contributed by atoms with E-state index >= 15 is 0 Å². The first-order chi connectivity index (χ1) is 12.6. The molecule has 1 saturated heterocycles. The van der Waals surface area contributed by atoms with Gasteiger partial charge < -0.3 is 0 Å². The van der Waals surface area contributed by atoms with Gasteiger partial charge in [0.25, 0.3) is 17.1 Å². The van der Waals surface area contributed by atoms with Crippen LogP contribution in [0.5, 0.6) is 0 Å². The van der Waals surface area contributed by atoms with Crippen molar-refractivity contribution >= 4 is 45.9 Å². The second kappa shape index (κ2) is 6.89. The molecule has 3 amide bonds. The second-order valence-corrected chi connectivity index (χ2v) is 7.68. The Labute approximate surface area is 157 Å². The summed E-state index contributed by atoms with van der Waals surface area (Å²) in [5, 5.41) is 9.55. The topological polar surface area (TPSA) is 78.8 Å². The zero-order valence-electron chi connectivity index (χ0n) is 13.4. The Bertz CT molecular complexity index is 936. The number of nitrogens with one attached hydrogen (secondary N) is 1. The quantitative estimate of drug-likeness (QED) is 0.825. The Morgan fingerprint density at radius 2 is 2.00 bits per heavy atom. The fourth-order valence-corrected chi connectivity index (χ4v) is 4.28. The molecule has 1 atom stereocenters. The third kappa shape index (κ3) is 3.21. The Kier molecular flexibility index (Phi) is 4.44. The molecule has 0 bridgehead atoms. The molecule has 0 spiro atoms. The number of thiophene rings is 1. The lowest BCUT2D eigenvalue weighted by atomic mass is 10.0. The largest absolute Gasteiger partial charge is 0.290 e. The van der Waals surface area contributed by atoms with Crippen LogP contribution in [0.15, 0.2) is 63.9 Å². The van der Waals surface area contributed by atoms with Crippen LogP contribution in [0.2, 0.25) is 0 Å². The predicted octanol–water partition coefficient (Wildman–Crippen LogP) is 3.29. The summed E-state index contributed by atoms with van der Waals surface area (Å²) in [5.74, 6) is -0.964. The van der Waals surface area contributed by atoms with Crippen LogP contribution in [0, 0.1) is 0 Å². The molecule has 3 heterocycles. The molecular formula is C18H13N3O3S2. The lowest BCUT2D eigenvalue weighted by Gasteiger charge is -2.19. The van der Waals surface area contributed by atoms with E-state index in [1.165, 1.54) is 11.1 Å². The normalized spacial score (nSPS) is 21.2. The lowest BCUT2D eigenvalue weighted by Crippen LogP contribution is -2.25. The van der Waals surface area contributed by atoms with E-state index in [4.69, 9.17) is 0 Å². The van der Waals surface area contributed by atoms with E-state index < -0.39 is 17.1 Å². The summed E-state index contributed by atoms with van der Waals surface area (Å²) >= 11 is 2.28. The zero-order chi connectivity index (χ0) is 18.1. The number of hydrogen-bond donors (Lipinski definition) is 1. The van der Waals surface area contributed by atoms with Crippen LogP contribution in [0.1, 0.15) is 22.9 Å². The van der Waals surface area contributed by atoms with Crippen molar-refractivity contribution < 1.29 is 14.4 Å². The van der Waals surface area contributed by atoms with E-state index in [1.807, 2.05) is 47.8 Å². The summed E-state index contributed by atoms with van der Waals surface area (Å²) in [7, 11) is 0. The summed E-state index contributed by atoms with van der Waals surface area (Å²) in [4.78, 5) is 36.9. The molecule has 1 N–H and O–H groups in total. The monoisotopic (exact) mass is 383 g/mol. The van der Waals surface area contributed by atoms with Gasteiger partial charge in [0.2, 0.25) is 0 Å². The van der Waals surface area contributed by atoms with Crippen molar-refractivity contribution in [3.8, 4) is 0 Å². The highest BCUT2D eigenvalue weighted by Crippen LogP contribution is 2.35. The standard InChI is InChI=1S/C18H13N3O3S2/c22-16(10-15-17(23)19-18(24)26-15)21-13(14-7-4-8-25-14)9-12(20-21)11-5-2-1-3-6-11/h1-8,10,13H,9H2,(H,19,23,24)/b15-10-. The molecule has 2 aromatic rings. The molecule has 1 aromatic heterocycles. The number of carbonyl (C=O) groups is 3. The van der Waals surface area contributed by atoms with Gasteiger partial charge in [0.1, 0.15) is 0 Å². The van der Waals surface area contributed by atoms with Gasteiger partial charge in [-0.2, -0.15) is 5.10 Å². The van der Waals surface area contributed by atoms with E-state index in [9.17, 15) is 14.4 Å². The van der Waals surface area contributed by atoms with Gasteiger partial charge in [0.15, 0.2) is 0 Å². The van der Waals surface area contributed by atoms with Gasteiger partial charge in [-0.1, -0.05) is 36.4 Å². The van der Waals surface area contributed by atoms with E-state index in [0.29, 0.717) is 6.42 Å². The number of rotatable bonds is 3. The number of thioether (sulfide) groups is 1. The molecule has 0 aliphatic carbocycles. The molecular weight excluding hydrogens is 370 g/mol. The molecule has 1 fully saturated rings. The average molecular weight is 383 g/mol. The molecule has 1 aromatic carbocycles. The van der Waals surface area contributed by atoms with Crippen molar-refractivity contribution in [1.29, 1.82) is 0 Å². The highest BCUT2D eigenvalue weighted by atomic mass is 32.2. The van der Waals surface area contributed by atoms with Crippen molar-refractivity contribution in [3.63, 3.8) is 0 Å². The van der Waals surface area contributed by atoms with Gasteiger partial charge in [0.05, 0.1) is 16.7 Å². The number of nitrogens with zero attached hydrogens (tertiary/aromatic N) is 2. The van der Waals surface area contributed by atoms with Crippen LogP contribution in [-0.2, 0) is 9.59 Å². The Morgan fingerprint density at radius 1 is 1.19 bits per heavy atom. The van der Waals surface area contributed by atoms with Gasteiger partial charge >= 0.3 is 0 Å². The number of imide groups is 1. The molecule has 1 unspecified atom stereocenters. The van der Waals surface area contributed by atoms with E-state index in [-0.39, 0.29) is 10.9 Å². The fraction of sp³-hybridized carbons (Fsp3) is 0.111. The van der Waals surface area contributed by atoms with Crippen LogP contribution in [0.25, 0.3) is 0 Å². The predicted molar refractivity (Wildman–Crippen MR) is 101 cm³/mol. The highest BCUT2D eigenvalue weighted by molar-refractivity contribution is 8.18. The maximum Gasteiger partial charge on any atom is 0.290 e. The molecule has 2 aliphatic rings. The Hall–Kier alpha value is -2.71. The zero-order valence-corrected chi connectivity index (χ0v) is 15.0. The highest BCUT2D eigenvalue weighted by Gasteiger charge is 2.34. The second-order valence-electron chi connectivity index (χ2n) is 5.68. The first kappa shape index (κ1) is 16.7. The third-order valence-corrected chi connectivity index (χ3v) is 5.80. The summed E-state index contributed by atoms with van der Waals surface area (Å²) in [6.07, 6.45) is 1.78. The van der Waals surface area contributed by atoms with Gasteiger partial charge in [0, 0.05) is 17.4 Å². The number of benzene rings is 1. The first-order valence-corrected chi connectivity index (χ1v) is 9.56. The van der Waals surface area contributed by atoms with Crippen molar-refractivity contribution in [2.75, 3.05) is 0 Å². The molecule has 6 nitrogen and oxygen atoms in total. The fourth-order valence-electron chi connectivity index (χ4n) is 2.82. The Morgan fingerprint density at radius 3 is 2.65 bits per heavy atom. The number of hydrogen-bond acceptors (Lipinski definition) is 6. The SMILES string of the molecule is O=C1NC(=O)/C(=C/C(=O)N2N=C(c3ccccc3)CC2c2cccs2)S1. The van der Waals surface area contributed by atoms with Crippen molar-refractivity contribution in [2.45, 2.75) is 12.5 Å². The molecule has 130 valence electrons. The Balaban J connectivity index is 1.67. The number of amides is 3. The summed E-state index contributed by atoms with van der Waals surface area (Å²) in [5.41, 5.74) is 1.77. The van der Waals surface area contributed by atoms with Gasteiger partial charge in [-0.25, -0.2) is 5.01 Å². The van der Waals surface area contributed by atoms with Crippen molar-refractivity contribution in [1.82, 2.24) is 10.3 Å². The van der Waals surface area contributed by atoms with Crippen LogP contribution in [-0.4, -0.2) is 27.8 Å². The van der Waals surface area contributed by atoms with Gasteiger partial charge in [-0.05, 0) is 28.8 Å². The van der Waals surface area contributed by atoms with Crippen LogP contribution in [0.4, 0.5) is 4.79 Å². The summed E-state index contributed by atoms with van der Waals surface area (Å²) < 4.78 is 0. The van der Waals surface area contributed by atoms with E-state index in [0.717, 1.165) is 27.9 Å². The average Bonchev–Trinajstić information content (AvgIpc) is 3.36. The van der Waals surface area contributed by atoms with Crippen LogP contribution < -0.4 is 5.32 Å². The smallest absolute Gasteiger partial charge is 0.282 e. The molecule has 2 aliphatic heterocycles. The minimum absolute atomic E-state index is 0.0910. The van der Waals surface area contributed by atoms with Gasteiger partial charge in [-0.15, -0.1) is 11.3 Å². The lowest BCUT2D eigenvalue weighted by molar-refractivity contribution is -0.128. The summed E-state index contributed by atoms with van der Waals surface area (Å²) in [6.45, 7) is 0. The number of hydrazone groups is 1. The number of carbonyl (C=O) groups excluding carboxylic acids is 3.